The van der Waals surface area contributed by atoms with Gasteiger partial charge in [-0.05, 0) is 13.3 Å². The second kappa shape index (κ2) is 4.67. The average Bonchev–Trinajstić information content (AvgIpc) is 2.47. The van der Waals surface area contributed by atoms with Crippen LogP contribution >= 0.6 is 11.6 Å². The first kappa shape index (κ1) is 9.81. The molecular weight excluding hydrogens is 178 g/mol. The normalized spacial score (nSPS) is 23.2. The van der Waals surface area contributed by atoms with Crippen molar-refractivity contribution in [2.45, 2.75) is 18.7 Å². The Kier molecular flexibility index (Phi) is 3.82. The van der Waals surface area contributed by atoms with Crippen LogP contribution in [0.5, 0.6) is 0 Å². The molecule has 1 heterocycles. The molecule has 1 atom stereocenters. The number of halogens is 1. The van der Waals surface area contributed by atoms with Gasteiger partial charge in [0.25, 0.3) is 0 Å². The van der Waals surface area contributed by atoms with Crippen LogP contribution in [-0.2, 0) is 9.53 Å². The average molecular weight is 192 g/mol. The van der Waals surface area contributed by atoms with Gasteiger partial charge in [-0.3, -0.25) is 4.79 Å². The van der Waals surface area contributed by atoms with Crippen LogP contribution in [-0.4, -0.2) is 42.5 Å². The highest BCUT2D eigenvalue weighted by Gasteiger charge is 2.23. The van der Waals surface area contributed by atoms with E-state index < -0.39 is 0 Å². The van der Waals surface area contributed by atoms with Crippen molar-refractivity contribution in [1.82, 2.24) is 4.90 Å². The van der Waals surface area contributed by atoms with E-state index in [-0.39, 0.29) is 17.9 Å². The van der Waals surface area contributed by atoms with Crippen molar-refractivity contribution in [3.63, 3.8) is 0 Å². The van der Waals surface area contributed by atoms with Crippen molar-refractivity contribution < 1.29 is 9.53 Å². The van der Waals surface area contributed by atoms with E-state index in [1.165, 1.54) is 0 Å². The molecule has 0 N–H and O–H groups in total. The molecule has 1 aliphatic rings. The summed E-state index contributed by atoms with van der Waals surface area (Å²) in [7, 11) is 0. The highest BCUT2D eigenvalue weighted by atomic mass is 35.5. The molecule has 1 amide bonds. The third kappa shape index (κ3) is 2.64. The van der Waals surface area contributed by atoms with E-state index >= 15 is 0 Å². The first-order valence-corrected chi connectivity index (χ1v) is 4.67. The lowest BCUT2D eigenvalue weighted by molar-refractivity contribution is -0.134. The number of rotatable bonds is 3. The third-order valence-corrected chi connectivity index (χ3v) is 2.27. The van der Waals surface area contributed by atoms with Crippen LogP contribution in [0.2, 0.25) is 0 Å². The quantitative estimate of drug-likeness (QED) is 0.620. The molecule has 1 fully saturated rings. The summed E-state index contributed by atoms with van der Waals surface area (Å²) in [5.74, 6) is 0.0556. The molecule has 1 rings (SSSR count). The van der Waals surface area contributed by atoms with Gasteiger partial charge in [-0.2, -0.15) is 0 Å². The van der Waals surface area contributed by atoms with E-state index in [0.29, 0.717) is 13.2 Å². The van der Waals surface area contributed by atoms with Gasteiger partial charge in [0.05, 0.1) is 5.38 Å². The second-order valence-corrected chi connectivity index (χ2v) is 3.48. The molecule has 0 aromatic heterocycles. The molecule has 0 aromatic carbocycles. The Hall–Kier alpha value is -0.280. The fourth-order valence-electron chi connectivity index (χ4n) is 1.22. The van der Waals surface area contributed by atoms with Crippen LogP contribution in [0.1, 0.15) is 13.3 Å². The highest BCUT2D eigenvalue weighted by molar-refractivity contribution is 6.21. The molecule has 70 valence electrons. The maximum atomic E-state index is 11.3. The molecule has 0 aromatic rings. The molecule has 1 saturated heterocycles. The Morgan fingerprint density at radius 3 is 3.00 bits per heavy atom. The highest BCUT2D eigenvalue weighted by Crippen LogP contribution is 2.14. The van der Waals surface area contributed by atoms with Crippen LogP contribution < -0.4 is 0 Å². The van der Waals surface area contributed by atoms with Gasteiger partial charge < -0.3 is 9.64 Å². The molecular formula is C8H14ClNO2. The number of nitrogens with zero attached hydrogens (tertiary/aromatic N) is 1. The Labute approximate surface area is 77.6 Å². The van der Waals surface area contributed by atoms with Gasteiger partial charge in [-0.25, -0.2) is 0 Å². The summed E-state index contributed by atoms with van der Waals surface area (Å²) in [5.41, 5.74) is 0. The van der Waals surface area contributed by atoms with Gasteiger partial charge in [0.2, 0.25) is 5.91 Å². The van der Waals surface area contributed by atoms with Gasteiger partial charge in [-0.1, -0.05) is 0 Å². The molecule has 0 spiro atoms. The molecule has 0 radical (unpaired) electrons. The number of carbonyl (C=O) groups is 1. The molecule has 0 aliphatic carbocycles. The van der Waals surface area contributed by atoms with Crippen molar-refractivity contribution in [3.8, 4) is 0 Å². The third-order valence-electron chi connectivity index (χ3n) is 1.91. The van der Waals surface area contributed by atoms with E-state index in [1.54, 1.807) is 4.90 Å². The summed E-state index contributed by atoms with van der Waals surface area (Å²) in [6.45, 7) is 4.11. The van der Waals surface area contributed by atoms with E-state index in [0.717, 1.165) is 13.0 Å². The van der Waals surface area contributed by atoms with Crippen LogP contribution in [0.15, 0.2) is 0 Å². The van der Waals surface area contributed by atoms with E-state index in [9.17, 15) is 4.79 Å². The zero-order chi connectivity index (χ0) is 8.97. The number of amides is 1. The number of carbonyl (C=O) groups excluding carboxylic acids is 1. The maximum absolute atomic E-state index is 11.3. The van der Waals surface area contributed by atoms with Gasteiger partial charge in [-0.15, -0.1) is 11.6 Å². The van der Waals surface area contributed by atoms with Gasteiger partial charge in [0.15, 0.2) is 0 Å². The summed E-state index contributed by atoms with van der Waals surface area (Å²) in [6, 6.07) is 0. The van der Waals surface area contributed by atoms with Crippen molar-refractivity contribution in [1.29, 1.82) is 0 Å². The summed E-state index contributed by atoms with van der Waals surface area (Å²) >= 11 is 5.85. The maximum Gasteiger partial charge on any atom is 0.248 e. The Morgan fingerprint density at radius 2 is 2.50 bits per heavy atom. The lowest BCUT2D eigenvalue weighted by atomic mass is 10.4. The molecule has 12 heavy (non-hydrogen) atoms. The van der Waals surface area contributed by atoms with Gasteiger partial charge in [0, 0.05) is 19.7 Å². The molecule has 4 heteroatoms. The van der Waals surface area contributed by atoms with E-state index in [2.05, 4.69) is 0 Å². The lowest BCUT2D eigenvalue weighted by Gasteiger charge is -2.14. The first-order valence-electron chi connectivity index (χ1n) is 4.23. The van der Waals surface area contributed by atoms with Gasteiger partial charge in [0.1, 0.15) is 6.61 Å². The topological polar surface area (TPSA) is 29.5 Å². The Balaban J connectivity index is 2.23. The van der Waals surface area contributed by atoms with Gasteiger partial charge >= 0.3 is 0 Å². The number of hydrogen-bond donors (Lipinski definition) is 0. The minimum absolute atomic E-state index is 0.0556. The molecule has 1 unspecified atom stereocenters. The van der Waals surface area contributed by atoms with Crippen molar-refractivity contribution in [2.24, 2.45) is 0 Å². The van der Waals surface area contributed by atoms with Crippen LogP contribution in [0, 0.1) is 0 Å². The lowest BCUT2D eigenvalue weighted by Crippen LogP contribution is -2.32. The molecule has 0 saturated carbocycles. The monoisotopic (exact) mass is 191 g/mol. The number of alkyl halides is 1. The number of ether oxygens (including phenoxy) is 1. The van der Waals surface area contributed by atoms with Crippen LogP contribution in [0.4, 0.5) is 0 Å². The summed E-state index contributed by atoms with van der Waals surface area (Å²) in [6.07, 6.45) is 0.902. The Morgan fingerprint density at radius 1 is 1.75 bits per heavy atom. The van der Waals surface area contributed by atoms with Crippen molar-refractivity contribution in [2.75, 3.05) is 26.3 Å². The predicted octanol–water partition coefficient (Wildman–Crippen LogP) is 0.863. The fraction of sp³-hybridized carbons (Fsp3) is 0.875. The van der Waals surface area contributed by atoms with E-state index in [4.69, 9.17) is 16.3 Å². The largest absolute Gasteiger partial charge is 0.372 e. The van der Waals surface area contributed by atoms with Crippen LogP contribution in [0.3, 0.4) is 0 Å². The van der Waals surface area contributed by atoms with E-state index in [1.807, 2.05) is 6.92 Å². The predicted molar refractivity (Wildman–Crippen MR) is 47.3 cm³/mol. The SMILES string of the molecule is CCOCC(=O)N1CCC(Cl)C1. The summed E-state index contributed by atoms with van der Waals surface area (Å²) < 4.78 is 5.01. The minimum atomic E-state index is 0.0556. The van der Waals surface area contributed by atoms with Crippen molar-refractivity contribution >= 4 is 17.5 Å². The standard InChI is InChI=1S/C8H14ClNO2/c1-2-12-6-8(11)10-4-3-7(9)5-10/h7H,2-6H2,1H3. The first-order chi connectivity index (χ1) is 5.74. The minimum Gasteiger partial charge on any atom is -0.372 e. The fourth-order valence-corrected chi connectivity index (χ4v) is 1.49. The van der Waals surface area contributed by atoms with Crippen molar-refractivity contribution in [3.05, 3.63) is 0 Å². The number of hydrogen-bond acceptors (Lipinski definition) is 2. The molecule has 3 nitrogen and oxygen atoms in total. The second-order valence-electron chi connectivity index (χ2n) is 2.86. The molecule has 1 aliphatic heterocycles. The summed E-state index contributed by atoms with van der Waals surface area (Å²) in [5, 5.41) is 0.135. The zero-order valence-electron chi connectivity index (χ0n) is 7.25. The summed E-state index contributed by atoms with van der Waals surface area (Å²) in [4.78, 5) is 13.0. The molecule has 0 bridgehead atoms. The zero-order valence-corrected chi connectivity index (χ0v) is 8.01. The Bertz CT molecular complexity index is 163. The van der Waals surface area contributed by atoms with Crippen LogP contribution in [0.25, 0.3) is 0 Å². The number of likely N-dealkylation sites (tertiary alicyclic amines) is 1. The smallest absolute Gasteiger partial charge is 0.248 e.